The zero-order valence-corrected chi connectivity index (χ0v) is 11.7. The van der Waals surface area contributed by atoms with Gasteiger partial charge in [-0.15, -0.1) is 10.2 Å². The summed E-state index contributed by atoms with van der Waals surface area (Å²) in [5, 5.41) is 14.7. The molecule has 1 heterocycles. The average molecular weight is 289 g/mol. The molecule has 1 aliphatic rings. The van der Waals surface area contributed by atoms with Crippen LogP contribution in [0.15, 0.2) is 24.3 Å². The van der Waals surface area contributed by atoms with Gasteiger partial charge in [-0.2, -0.15) is 4.80 Å². The molecule has 1 unspecified atom stereocenters. The number of nitrogens with zero attached hydrogens (tertiary/aromatic N) is 4. The predicted molar refractivity (Wildman–Crippen MR) is 73.5 cm³/mol. The summed E-state index contributed by atoms with van der Waals surface area (Å²) in [5.41, 5.74) is 0.535. The number of hydrogen-bond acceptors (Lipinski definition) is 4. The van der Waals surface area contributed by atoms with E-state index in [0.717, 1.165) is 0 Å². The first-order valence-electron chi connectivity index (χ1n) is 6.95. The molecule has 1 N–H and O–H groups in total. The molecule has 0 aliphatic heterocycles. The fourth-order valence-corrected chi connectivity index (χ4v) is 2.20. The standard InChI is InChI=1S/C14H16FN5O/c1-9(10-5-6-10)16-13(21)8-20-18-14(17-19-20)11-3-2-4-12(15)7-11/h2-4,7,9-10H,5-6,8H2,1H3,(H,16,21). The van der Waals surface area contributed by atoms with Gasteiger partial charge in [-0.05, 0) is 43.0 Å². The molecule has 0 spiro atoms. The van der Waals surface area contributed by atoms with Crippen molar-refractivity contribution in [2.24, 2.45) is 5.92 Å². The van der Waals surface area contributed by atoms with Crippen molar-refractivity contribution >= 4 is 5.91 Å². The van der Waals surface area contributed by atoms with Gasteiger partial charge in [0.1, 0.15) is 12.4 Å². The molecule has 0 bridgehead atoms. The molecule has 2 aromatic rings. The van der Waals surface area contributed by atoms with Gasteiger partial charge < -0.3 is 5.32 Å². The Kier molecular flexibility index (Phi) is 3.64. The summed E-state index contributed by atoms with van der Waals surface area (Å²) in [6, 6.07) is 6.13. The third-order valence-corrected chi connectivity index (χ3v) is 3.54. The molecule has 1 aliphatic carbocycles. The van der Waals surface area contributed by atoms with Gasteiger partial charge in [-0.1, -0.05) is 12.1 Å². The molecule has 3 rings (SSSR count). The second-order valence-electron chi connectivity index (χ2n) is 5.35. The highest BCUT2D eigenvalue weighted by Crippen LogP contribution is 2.32. The molecule has 1 amide bonds. The molecule has 6 nitrogen and oxygen atoms in total. The van der Waals surface area contributed by atoms with Crippen LogP contribution >= 0.6 is 0 Å². The van der Waals surface area contributed by atoms with E-state index in [-0.39, 0.29) is 24.3 Å². The molecule has 1 aromatic carbocycles. The third-order valence-electron chi connectivity index (χ3n) is 3.54. The first-order chi connectivity index (χ1) is 10.1. The van der Waals surface area contributed by atoms with Crippen molar-refractivity contribution in [3.8, 4) is 11.4 Å². The Bertz CT molecular complexity index is 652. The Labute approximate surface area is 121 Å². The maximum absolute atomic E-state index is 13.1. The normalized spacial score (nSPS) is 15.7. The van der Waals surface area contributed by atoms with Crippen LogP contribution < -0.4 is 5.32 Å². The molecular weight excluding hydrogens is 273 g/mol. The SMILES string of the molecule is CC(NC(=O)Cn1nnc(-c2cccc(F)c2)n1)C1CC1. The Morgan fingerprint density at radius 1 is 1.52 bits per heavy atom. The maximum atomic E-state index is 13.1. The van der Waals surface area contributed by atoms with Gasteiger partial charge >= 0.3 is 0 Å². The molecule has 7 heteroatoms. The van der Waals surface area contributed by atoms with E-state index in [2.05, 4.69) is 20.7 Å². The Hall–Kier alpha value is -2.31. The first kappa shape index (κ1) is 13.7. The number of halogens is 1. The van der Waals surface area contributed by atoms with Crippen LogP contribution in [-0.2, 0) is 11.3 Å². The van der Waals surface area contributed by atoms with Crippen LogP contribution in [-0.4, -0.2) is 32.2 Å². The Balaban J connectivity index is 1.63. The average Bonchev–Trinajstić information content (AvgIpc) is 3.19. The minimum atomic E-state index is -0.361. The van der Waals surface area contributed by atoms with Crippen LogP contribution in [0.4, 0.5) is 4.39 Å². The highest BCUT2D eigenvalue weighted by atomic mass is 19.1. The van der Waals surface area contributed by atoms with Crippen molar-refractivity contribution in [3.05, 3.63) is 30.1 Å². The van der Waals surface area contributed by atoms with Gasteiger partial charge in [-0.25, -0.2) is 4.39 Å². The molecule has 1 saturated carbocycles. The van der Waals surface area contributed by atoms with E-state index in [0.29, 0.717) is 17.3 Å². The summed E-state index contributed by atoms with van der Waals surface area (Å²) in [6.45, 7) is 2.02. The van der Waals surface area contributed by atoms with Crippen molar-refractivity contribution in [2.75, 3.05) is 0 Å². The molecule has 1 fully saturated rings. The van der Waals surface area contributed by atoms with Crippen molar-refractivity contribution in [2.45, 2.75) is 32.4 Å². The summed E-state index contributed by atoms with van der Waals surface area (Å²) in [5.74, 6) is 0.399. The van der Waals surface area contributed by atoms with Crippen molar-refractivity contribution < 1.29 is 9.18 Å². The quantitative estimate of drug-likeness (QED) is 0.903. The van der Waals surface area contributed by atoms with Crippen LogP contribution in [0.2, 0.25) is 0 Å². The molecule has 21 heavy (non-hydrogen) atoms. The van der Waals surface area contributed by atoms with Gasteiger partial charge in [0.15, 0.2) is 0 Å². The van der Waals surface area contributed by atoms with E-state index < -0.39 is 0 Å². The van der Waals surface area contributed by atoms with Crippen LogP contribution in [0.1, 0.15) is 19.8 Å². The van der Waals surface area contributed by atoms with E-state index in [1.54, 1.807) is 12.1 Å². The van der Waals surface area contributed by atoms with E-state index in [4.69, 9.17) is 0 Å². The number of aromatic nitrogens is 4. The van der Waals surface area contributed by atoms with Gasteiger partial charge in [0.05, 0.1) is 0 Å². The highest BCUT2D eigenvalue weighted by molar-refractivity contribution is 5.75. The zero-order valence-electron chi connectivity index (χ0n) is 11.7. The molecular formula is C14H16FN5O. The number of tetrazole rings is 1. The minimum absolute atomic E-state index is 0.0133. The fourth-order valence-electron chi connectivity index (χ4n) is 2.20. The number of nitrogens with one attached hydrogen (secondary N) is 1. The lowest BCUT2D eigenvalue weighted by Gasteiger charge is -2.11. The van der Waals surface area contributed by atoms with E-state index in [9.17, 15) is 9.18 Å². The largest absolute Gasteiger partial charge is 0.352 e. The highest BCUT2D eigenvalue weighted by Gasteiger charge is 2.28. The van der Waals surface area contributed by atoms with Gasteiger partial charge in [-0.3, -0.25) is 4.79 Å². The van der Waals surface area contributed by atoms with Gasteiger partial charge in [0, 0.05) is 11.6 Å². The smallest absolute Gasteiger partial charge is 0.243 e. The number of amides is 1. The number of benzene rings is 1. The summed E-state index contributed by atoms with van der Waals surface area (Å²) < 4.78 is 13.1. The van der Waals surface area contributed by atoms with E-state index in [1.807, 2.05) is 6.92 Å². The molecule has 110 valence electrons. The van der Waals surface area contributed by atoms with Crippen molar-refractivity contribution in [1.29, 1.82) is 0 Å². The summed E-state index contributed by atoms with van der Waals surface area (Å²) >= 11 is 0. The van der Waals surface area contributed by atoms with Crippen molar-refractivity contribution in [3.63, 3.8) is 0 Å². The summed E-state index contributed by atoms with van der Waals surface area (Å²) in [7, 11) is 0. The fraction of sp³-hybridized carbons (Fsp3) is 0.429. The number of carbonyl (C=O) groups excluding carboxylic acids is 1. The third kappa shape index (κ3) is 3.42. The van der Waals surface area contributed by atoms with Gasteiger partial charge in [0.2, 0.25) is 11.7 Å². The lowest BCUT2D eigenvalue weighted by Crippen LogP contribution is -2.36. The summed E-state index contributed by atoms with van der Waals surface area (Å²) in [6.07, 6.45) is 2.35. The number of rotatable bonds is 5. The lowest BCUT2D eigenvalue weighted by atomic mass is 10.2. The molecule has 0 saturated heterocycles. The minimum Gasteiger partial charge on any atom is -0.352 e. The first-order valence-corrected chi connectivity index (χ1v) is 6.95. The monoisotopic (exact) mass is 289 g/mol. The summed E-state index contributed by atoms with van der Waals surface area (Å²) in [4.78, 5) is 13.1. The topological polar surface area (TPSA) is 72.7 Å². The van der Waals surface area contributed by atoms with Crippen LogP contribution in [0.3, 0.4) is 0 Å². The second-order valence-corrected chi connectivity index (χ2v) is 5.35. The van der Waals surface area contributed by atoms with E-state index >= 15 is 0 Å². The Morgan fingerprint density at radius 3 is 3.05 bits per heavy atom. The van der Waals surface area contributed by atoms with Crippen LogP contribution in [0, 0.1) is 11.7 Å². The van der Waals surface area contributed by atoms with Gasteiger partial charge in [0.25, 0.3) is 0 Å². The maximum Gasteiger partial charge on any atom is 0.243 e. The molecule has 1 atom stereocenters. The zero-order chi connectivity index (χ0) is 14.8. The lowest BCUT2D eigenvalue weighted by molar-refractivity contribution is -0.122. The molecule has 1 aromatic heterocycles. The Morgan fingerprint density at radius 2 is 2.33 bits per heavy atom. The molecule has 0 radical (unpaired) electrons. The number of hydrogen-bond donors (Lipinski definition) is 1. The number of carbonyl (C=O) groups is 1. The van der Waals surface area contributed by atoms with Crippen LogP contribution in [0.25, 0.3) is 11.4 Å². The van der Waals surface area contributed by atoms with Crippen molar-refractivity contribution in [1.82, 2.24) is 25.5 Å². The second kappa shape index (κ2) is 5.59. The van der Waals surface area contributed by atoms with Crippen LogP contribution in [0.5, 0.6) is 0 Å². The predicted octanol–water partition coefficient (Wildman–Crippen LogP) is 1.39. The van der Waals surface area contributed by atoms with E-state index in [1.165, 1.54) is 29.8 Å².